The molecule has 4 rings (SSSR count). The smallest absolute Gasteiger partial charge is 0.136 e. The van der Waals surface area contributed by atoms with E-state index < -0.39 is 0 Å². The quantitative estimate of drug-likeness (QED) is 0.855. The van der Waals surface area contributed by atoms with E-state index in [9.17, 15) is 0 Å². The summed E-state index contributed by atoms with van der Waals surface area (Å²) in [6.45, 7) is 4.55. The molecule has 2 aliphatic rings. The van der Waals surface area contributed by atoms with Crippen molar-refractivity contribution in [3.63, 3.8) is 0 Å². The molecule has 2 aromatic rings. The van der Waals surface area contributed by atoms with Crippen LogP contribution in [0.25, 0.3) is 10.2 Å². The first-order chi connectivity index (χ1) is 8.56. The lowest BCUT2D eigenvalue weighted by molar-refractivity contribution is 0.610. The van der Waals surface area contributed by atoms with Crippen LogP contribution in [0.4, 0.5) is 5.82 Å². The van der Waals surface area contributed by atoms with E-state index >= 15 is 0 Å². The molecule has 2 aliphatic carbocycles. The van der Waals surface area contributed by atoms with Crippen molar-refractivity contribution in [3.05, 3.63) is 16.3 Å². The number of nitrogen functional groups attached to an aromatic ring is 1. The maximum absolute atomic E-state index is 6.18. The molecule has 2 heterocycles. The van der Waals surface area contributed by atoms with Crippen LogP contribution in [-0.4, -0.2) is 9.97 Å². The Kier molecular flexibility index (Phi) is 1.93. The zero-order valence-electron chi connectivity index (χ0n) is 10.8. The standard InChI is InChI=1S/C14H17N3S/c1-14(2)6-8(14)12-16-11(15)10-7-4-3-5-9(7)18-13(10)17-12/h8H,3-6H2,1-2H3,(H2,15,16,17). The van der Waals surface area contributed by atoms with Crippen LogP contribution >= 0.6 is 11.3 Å². The molecule has 0 radical (unpaired) electrons. The van der Waals surface area contributed by atoms with E-state index in [1.54, 1.807) is 0 Å². The molecule has 94 valence electrons. The van der Waals surface area contributed by atoms with Crippen molar-refractivity contribution in [2.75, 3.05) is 5.73 Å². The fourth-order valence-electron chi connectivity index (χ4n) is 3.10. The Labute approximate surface area is 110 Å². The SMILES string of the molecule is CC1(C)CC1c1nc(N)c2c3c(sc2n1)CCC3. The lowest BCUT2D eigenvalue weighted by atomic mass is 10.1. The van der Waals surface area contributed by atoms with Crippen LogP contribution in [0.1, 0.15) is 48.9 Å². The number of fused-ring (bicyclic) bond motifs is 3. The van der Waals surface area contributed by atoms with Crippen LogP contribution < -0.4 is 5.73 Å². The van der Waals surface area contributed by atoms with Gasteiger partial charge >= 0.3 is 0 Å². The van der Waals surface area contributed by atoms with Crippen LogP contribution in [0.2, 0.25) is 0 Å². The fourth-order valence-corrected chi connectivity index (χ4v) is 4.38. The number of hydrogen-bond donors (Lipinski definition) is 1. The third-order valence-electron chi connectivity index (χ3n) is 4.44. The Morgan fingerprint density at radius 1 is 1.28 bits per heavy atom. The van der Waals surface area contributed by atoms with Crippen molar-refractivity contribution >= 4 is 27.4 Å². The lowest BCUT2D eigenvalue weighted by Crippen LogP contribution is -2.01. The van der Waals surface area contributed by atoms with Gasteiger partial charge < -0.3 is 5.73 Å². The molecule has 0 amide bonds. The molecular formula is C14H17N3S. The van der Waals surface area contributed by atoms with Crippen LogP contribution in [0, 0.1) is 5.41 Å². The summed E-state index contributed by atoms with van der Waals surface area (Å²) in [6, 6.07) is 0. The van der Waals surface area contributed by atoms with E-state index in [0.29, 0.717) is 17.2 Å². The predicted octanol–water partition coefficient (Wildman–Crippen LogP) is 3.28. The van der Waals surface area contributed by atoms with Crippen molar-refractivity contribution in [3.8, 4) is 0 Å². The second-order valence-electron chi connectivity index (χ2n) is 6.25. The number of thiophene rings is 1. The summed E-state index contributed by atoms with van der Waals surface area (Å²) < 4.78 is 0. The minimum atomic E-state index is 0.361. The van der Waals surface area contributed by atoms with Crippen LogP contribution in [0.5, 0.6) is 0 Å². The number of rotatable bonds is 1. The third-order valence-corrected chi connectivity index (χ3v) is 5.62. The Hall–Kier alpha value is -1.16. The number of aryl methyl sites for hydroxylation is 2. The van der Waals surface area contributed by atoms with Crippen LogP contribution in [-0.2, 0) is 12.8 Å². The Bertz CT molecular complexity index is 657. The zero-order chi connectivity index (χ0) is 12.5. The van der Waals surface area contributed by atoms with E-state index in [1.807, 2.05) is 11.3 Å². The van der Waals surface area contributed by atoms with E-state index in [-0.39, 0.29) is 0 Å². The van der Waals surface area contributed by atoms with Crippen LogP contribution in [0.3, 0.4) is 0 Å². The van der Waals surface area contributed by atoms with Crippen molar-refractivity contribution < 1.29 is 0 Å². The summed E-state index contributed by atoms with van der Waals surface area (Å²) in [5.74, 6) is 2.17. The molecule has 4 heteroatoms. The topological polar surface area (TPSA) is 51.8 Å². The number of nitrogens with two attached hydrogens (primary N) is 1. The zero-order valence-corrected chi connectivity index (χ0v) is 11.6. The highest BCUT2D eigenvalue weighted by molar-refractivity contribution is 7.19. The molecule has 0 aromatic carbocycles. The van der Waals surface area contributed by atoms with E-state index in [1.165, 1.54) is 29.7 Å². The minimum absolute atomic E-state index is 0.361. The van der Waals surface area contributed by atoms with Gasteiger partial charge in [-0.25, -0.2) is 9.97 Å². The maximum atomic E-state index is 6.18. The van der Waals surface area contributed by atoms with Crippen LogP contribution in [0.15, 0.2) is 0 Å². The number of anilines is 1. The summed E-state index contributed by atoms with van der Waals surface area (Å²) >= 11 is 1.83. The van der Waals surface area contributed by atoms with Gasteiger partial charge in [-0.05, 0) is 36.7 Å². The largest absolute Gasteiger partial charge is 0.383 e. The van der Waals surface area contributed by atoms with Crippen molar-refractivity contribution in [1.29, 1.82) is 0 Å². The van der Waals surface area contributed by atoms with Gasteiger partial charge in [0.1, 0.15) is 16.5 Å². The summed E-state index contributed by atoms with van der Waals surface area (Å²) in [5, 5.41) is 1.15. The first-order valence-electron chi connectivity index (χ1n) is 6.64. The van der Waals surface area contributed by atoms with E-state index in [4.69, 9.17) is 10.7 Å². The van der Waals surface area contributed by atoms with Gasteiger partial charge in [0.05, 0.1) is 5.39 Å². The van der Waals surface area contributed by atoms with Gasteiger partial charge in [-0.15, -0.1) is 11.3 Å². The third kappa shape index (κ3) is 1.35. The molecule has 1 unspecified atom stereocenters. The molecule has 3 nitrogen and oxygen atoms in total. The molecule has 0 spiro atoms. The van der Waals surface area contributed by atoms with E-state index in [2.05, 4.69) is 18.8 Å². The molecular weight excluding hydrogens is 242 g/mol. The molecule has 2 aromatic heterocycles. The maximum Gasteiger partial charge on any atom is 0.136 e. The van der Waals surface area contributed by atoms with Gasteiger partial charge in [0.15, 0.2) is 0 Å². The number of aromatic nitrogens is 2. The van der Waals surface area contributed by atoms with Crippen molar-refractivity contribution in [2.24, 2.45) is 5.41 Å². The van der Waals surface area contributed by atoms with Gasteiger partial charge in [0.2, 0.25) is 0 Å². The van der Waals surface area contributed by atoms with Crippen molar-refractivity contribution in [2.45, 2.75) is 45.4 Å². The molecule has 18 heavy (non-hydrogen) atoms. The summed E-state index contributed by atoms with van der Waals surface area (Å²) in [7, 11) is 0. The Balaban J connectivity index is 1.90. The first kappa shape index (κ1) is 10.7. The Morgan fingerprint density at radius 2 is 2.06 bits per heavy atom. The average Bonchev–Trinajstić information content (AvgIpc) is 2.66. The van der Waals surface area contributed by atoms with Gasteiger partial charge in [-0.1, -0.05) is 13.8 Å². The lowest BCUT2D eigenvalue weighted by Gasteiger charge is -2.05. The highest BCUT2D eigenvalue weighted by Crippen LogP contribution is 2.58. The first-order valence-corrected chi connectivity index (χ1v) is 7.45. The fraction of sp³-hybridized carbons (Fsp3) is 0.571. The average molecular weight is 259 g/mol. The molecule has 2 N–H and O–H groups in total. The van der Waals surface area contributed by atoms with Crippen molar-refractivity contribution in [1.82, 2.24) is 9.97 Å². The summed E-state index contributed by atoms with van der Waals surface area (Å²) in [6.07, 6.45) is 4.79. The number of hydrogen-bond acceptors (Lipinski definition) is 4. The second-order valence-corrected chi connectivity index (χ2v) is 7.33. The molecule has 1 fully saturated rings. The van der Waals surface area contributed by atoms with Gasteiger partial charge in [0.25, 0.3) is 0 Å². The van der Waals surface area contributed by atoms with Gasteiger partial charge in [-0.3, -0.25) is 0 Å². The van der Waals surface area contributed by atoms with Gasteiger partial charge in [-0.2, -0.15) is 0 Å². The molecule has 1 saturated carbocycles. The summed E-state index contributed by atoms with van der Waals surface area (Å²) in [5.41, 5.74) is 7.97. The highest BCUT2D eigenvalue weighted by Gasteiger charge is 2.48. The van der Waals surface area contributed by atoms with E-state index in [0.717, 1.165) is 22.5 Å². The summed E-state index contributed by atoms with van der Waals surface area (Å²) in [4.78, 5) is 12.0. The van der Waals surface area contributed by atoms with Gasteiger partial charge in [0, 0.05) is 10.8 Å². The predicted molar refractivity (Wildman–Crippen MR) is 75.0 cm³/mol. The highest BCUT2D eigenvalue weighted by atomic mass is 32.1. The molecule has 0 saturated heterocycles. The number of nitrogens with zero attached hydrogens (tertiary/aromatic N) is 2. The minimum Gasteiger partial charge on any atom is -0.383 e. The molecule has 1 atom stereocenters. The normalized spacial score (nSPS) is 24.4. The second kappa shape index (κ2) is 3.23. The monoisotopic (exact) mass is 259 g/mol. The molecule has 0 bridgehead atoms. The molecule has 0 aliphatic heterocycles. The Morgan fingerprint density at radius 3 is 2.78 bits per heavy atom.